The third-order valence-electron chi connectivity index (χ3n) is 3.70. The molecule has 0 radical (unpaired) electrons. The number of hydrogen-bond donors (Lipinski definition) is 1. The lowest BCUT2D eigenvalue weighted by atomic mass is 10.1. The van der Waals surface area contributed by atoms with Crippen LogP contribution in [-0.2, 0) is 14.8 Å². The number of aliphatic hydroxyl groups is 1. The molecule has 0 amide bonds. The van der Waals surface area contributed by atoms with E-state index in [0.29, 0.717) is 19.5 Å². The monoisotopic (exact) mass is 313 g/mol. The van der Waals surface area contributed by atoms with Crippen LogP contribution < -0.4 is 0 Å². The fourth-order valence-corrected chi connectivity index (χ4v) is 4.25. The molecule has 1 aliphatic heterocycles. The number of benzene rings is 1. The van der Waals surface area contributed by atoms with Crippen LogP contribution in [0.1, 0.15) is 23.2 Å². The van der Waals surface area contributed by atoms with E-state index in [-0.39, 0.29) is 23.0 Å². The molecule has 2 rings (SSSR count). The van der Waals surface area contributed by atoms with Crippen LogP contribution in [0, 0.1) is 5.92 Å². The van der Waals surface area contributed by atoms with Crippen LogP contribution in [0.3, 0.4) is 0 Å². The number of hydrogen-bond acceptors (Lipinski definition) is 5. The van der Waals surface area contributed by atoms with E-state index in [4.69, 9.17) is 5.11 Å². The second-order valence-corrected chi connectivity index (χ2v) is 6.92. The highest BCUT2D eigenvalue weighted by molar-refractivity contribution is 7.89. The first kappa shape index (κ1) is 15.9. The molecular weight excluding hydrogens is 294 g/mol. The third-order valence-corrected chi connectivity index (χ3v) is 5.62. The standard InChI is InChI=1S/C14H19NO5S/c1-20-14(17)12-4-2-3-5-13(12)21(18,19)15-8-6-11(10-15)7-9-16/h2-5,11,16H,6-10H2,1H3. The zero-order valence-electron chi connectivity index (χ0n) is 11.9. The Morgan fingerprint density at radius 3 is 2.81 bits per heavy atom. The lowest BCUT2D eigenvalue weighted by molar-refractivity contribution is 0.0596. The number of rotatable bonds is 5. The lowest BCUT2D eigenvalue weighted by Crippen LogP contribution is -2.30. The molecule has 1 aromatic carbocycles. The normalized spacial score (nSPS) is 19.6. The summed E-state index contributed by atoms with van der Waals surface area (Å²) in [5.74, 6) is -0.504. The molecule has 116 valence electrons. The van der Waals surface area contributed by atoms with Gasteiger partial charge >= 0.3 is 5.97 Å². The Morgan fingerprint density at radius 2 is 2.14 bits per heavy atom. The van der Waals surface area contributed by atoms with Crippen molar-refractivity contribution >= 4 is 16.0 Å². The molecule has 1 atom stereocenters. The summed E-state index contributed by atoms with van der Waals surface area (Å²) in [6.45, 7) is 0.832. The number of carbonyl (C=O) groups is 1. The van der Waals surface area contributed by atoms with Crippen LogP contribution >= 0.6 is 0 Å². The van der Waals surface area contributed by atoms with E-state index >= 15 is 0 Å². The van der Waals surface area contributed by atoms with E-state index in [2.05, 4.69) is 4.74 Å². The van der Waals surface area contributed by atoms with Crippen LogP contribution in [-0.4, -0.2) is 50.6 Å². The van der Waals surface area contributed by atoms with Gasteiger partial charge in [-0.15, -0.1) is 0 Å². The fourth-order valence-electron chi connectivity index (χ4n) is 2.54. The summed E-state index contributed by atoms with van der Waals surface area (Å²) in [6, 6.07) is 6.05. The van der Waals surface area contributed by atoms with Crippen molar-refractivity contribution in [3.05, 3.63) is 29.8 Å². The van der Waals surface area contributed by atoms with E-state index in [1.54, 1.807) is 12.1 Å². The lowest BCUT2D eigenvalue weighted by Gasteiger charge is -2.18. The minimum atomic E-state index is -3.72. The minimum absolute atomic E-state index is 0.0264. The zero-order valence-corrected chi connectivity index (χ0v) is 12.7. The molecule has 1 N–H and O–H groups in total. The topological polar surface area (TPSA) is 83.9 Å². The predicted octanol–water partition coefficient (Wildman–Crippen LogP) is 0.866. The molecule has 0 aromatic heterocycles. The van der Waals surface area contributed by atoms with Gasteiger partial charge in [-0.3, -0.25) is 0 Å². The van der Waals surface area contributed by atoms with Crippen molar-refractivity contribution in [1.29, 1.82) is 0 Å². The predicted molar refractivity (Wildman–Crippen MR) is 76.4 cm³/mol. The maximum absolute atomic E-state index is 12.7. The quantitative estimate of drug-likeness (QED) is 0.815. The van der Waals surface area contributed by atoms with Gasteiger partial charge < -0.3 is 9.84 Å². The molecular formula is C14H19NO5S. The summed E-state index contributed by atoms with van der Waals surface area (Å²) in [7, 11) is -2.50. The van der Waals surface area contributed by atoms with Crippen molar-refractivity contribution in [2.75, 3.05) is 26.8 Å². The Hall–Kier alpha value is -1.44. The molecule has 1 saturated heterocycles. The van der Waals surface area contributed by atoms with Crippen molar-refractivity contribution in [2.24, 2.45) is 5.92 Å². The Morgan fingerprint density at radius 1 is 1.43 bits per heavy atom. The average Bonchev–Trinajstić information content (AvgIpc) is 2.96. The van der Waals surface area contributed by atoms with Gasteiger partial charge in [0.15, 0.2) is 0 Å². The second-order valence-electron chi connectivity index (χ2n) is 5.02. The SMILES string of the molecule is COC(=O)c1ccccc1S(=O)(=O)N1CCC(CCO)C1. The smallest absolute Gasteiger partial charge is 0.339 e. The van der Waals surface area contributed by atoms with Crippen LogP contribution in [0.2, 0.25) is 0 Å². The van der Waals surface area contributed by atoms with Gasteiger partial charge in [0, 0.05) is 19.7 Å². The average molecular weight is 313 g/mol. The molecule has 1 heterocycles. The first-order chi connectivity index (χ1) is 10.0. The fraction of sp³-hybridized carbons (Fsp3) is 0.500. The maximum atomic E-state index is 12.7. The van der Waals surface area contributed by atoms with Gasteiger partial charge in [-0.25, -0.2) is 13.2 Å². The van der Waals surface area contributed by atoms with Crippen molar-refractivity contribution in [1.82, 2.24) is 4.31 Å². The highest BCUT2D eigenvalue weighted by Crippen LogP contribution is 2.27. The van der Waals surface area contributed by atoms with Gasteiger partial charge in [0.2, 0.25) is 10.0 Å². The van der Waals surface area contributed by atoms with Crippen LogP contribution in [0.4, 0.5) is 0 Å². The Labute approximate surface area is 124 Å². The van der Waals surface area contributed by atoms with Crippen molar-refractivity contribution < 1.29 is 23.1 Å². The number of carbonyl (C=O) groups excluding carboxylic acids is 1. The molecule has 1 aliphatic rings. The number of sulfonamides is 1. The highest BCUT2D eigenvalue weighted by Gasteiger charge is 2.34. The molecule has 1 unspecified atom stereocenters. The summed E-state index contributed by atoms with van der Waals surface area (Å²) in [4.78, 5) is 11.7. The van der Waals surface area contributed by atoms with Gasteiger partial charge in [-0.05, 0) is 30.9 Å². The van der Waals surface area contributed by atoms with Crippen LogP contribution in [0.25, 0.3) is 0 Å². The molecule has 6 nitrogen and oxygen atoms in total. The van der Waals surface area contributed by atoms with E-state index in [9.17, 15) is 13.2 Å². The summed E-state index contributed by atoms with van der Waals surface area (Å²) in [6.07, 6.45) is 1.31. The Balaban J connectivity index is 2.31. The molecule has 0 saturated carbocycles. The highest BCUT2D eigenvalue weighted by atomic mass is 32.2. The van der Waals surface area contributed by atoms with E-state index in [0.717, 1.165) is 6.42 Å². The van der Waals surface area contributed by atoms with Crippen LogP contribution in [0.5, 0.6) is 0 Å². The molecule has 0 bridgehead atoms. The van der Waals surface area contributed by atoms with E-state index < -0.39 is 16.0 Å². The zero-order chi connectivity index (χ0) is 15.5. The van der Waals surface area contributed by atoms with Crippen molar-refractivity contribution in [3.63, 3.8) is 0 Å². The number of esters is 1. The molecule has 21 heavy (non-hydrogen) atoms. The molecule has 1 aromatic rings. The van der Waals surface area contributed by atoms with Gasteiger partial charge in [0.25, 0.3) is 0 Å². The molecule has 0 spiro atoms. The molecule has 7 heteroatoms. The van der Waals surface area contributed by atoms with Gasteiger partial charge in [0.1, 0.15) is 0 Å². The second kappa shape index (κ2) is 6.55. The number of ether oxygens (including phenoxy) is 1. The van der Waals surface area contributed by atoms with Crippen molar-refractivity contribution in [3.8, 4) is 0 Å². The first-order valence-corrected chi connectivity index (χ1v) is 8.23. The van der Waals surface area contributed by atoms with Crippen LogP contribution in [0.15, 0.2) is 29.2 Å². The first-order valence-electron chi connectivity index (χ1n) is 6.79. The maximum Gasteiger partial charge on any atom is 0.339 e. The summed E-state index contributed by atoms with van der Waals surface area (Å²) < 4.78 is 31.4. The van der Waals surface area contributed by atoms with E-state index in [1.807, 2.05) is 0 Å². The summed E-state index contributed by atoms with van der Waals surface area (Å²) in [5, 5.41) is 8.95. The largest absolute Gasteiger partial charge is 0.465 e. The Kier molecular flexibility index (Phi) is 4.97. The van der Waals surface area contributed by atoms with Gasteiger partial charge in [0.05, 0.1) is 17.6 Å². The summed E-state index contributed by atoms with van der Waals surface area (Å²) >= 11 is 0. The van der Waals surface area contributed by atoms with Gasteiger partial charge in [-0.2, -0.15) is 4.31 Å². The number of nitrogens with zero attached hydrogens (tertiary/aromatic N) is 1. The minimum Gasteiger partial charge on any atom is -0.465 e. The molecule has 0 aliphatic carbocycles. The number of methoxy groups -OCH3 is 1. The third kappa shape index (κ3) is 3.25. The summed E-state index contributed by atoms with van der Waals surface area (Å²) in [5.41, 5.74) is 0.0469. The Bertz CT molecular complexity index is 614. The molecule has 1 fully saturated rings. The number of aliphatic hydroxyl groups excluding tert-OH is 1. The van der Waals surface area contributed by atoms with Gasteiger partial charge in [-0.1, -0.05) is 12.1 Å². The van der Waals surface area contributed by atoms with E-state index in [1.165, 1.54) is 23.5 Å². The van der Waals surface area contributed by atoms with Crippen molar-refractivity contribution in [2.45, 2.75) is 17.7 Å².